The van der Waals surface area contributed by atoms with Crippen LogP contribution in [0.15, 0.2) is 54.7 Å². The molecule has 0 saturated carbocycles. The molecular formula is C41H45F3N8O5S. The number of nitrogens with one attached hydrogen (secondary N) is 3. The summed E-state index contributed by atoms with van der Waals surface area (Å²) in [4.78, 5) is 59.0. The standard InChI is InChI=1S/C41H45F3N8O5S/c1-5-26-19-29(52-39(58)51(38(56)40(52,3)4)30-21-31(41(42,43)44)33(22-45)46-23-30)9-11-34(26)57-18-15-25-13-16-50(17-14-25)24(2)36(54)48-28-8-6-7-27(20-28)47-32-10-12-35(53)49-37(32)55/h6-9,11,19-21,23-25,32,47H,5,10,12-18H2,1-4H3,(H,48,54)(H,49,53,55). The Kier molecular flexibility index (Phi) is 12.4. The smallest absolute Gasteiger partial charge is 0.419 e. The number of rotatable bonds is 12. The third-order valence-corrected chi connectivity index (χ3v) is 11.3. The normalized spacial score (nSPS) is 19.4. The van der Waals surface area contributed by atoms with Gasteiger partial charge in [-0.05, 0) is 132 Å². The number of nitrogens with zero attached hydrogens (tertiary/aromatic N) is 5. The number of anilines is 4. The van der Waals surface area contributed by atoms with E-state index in [1.54, 1.807) is 49.1 Å². The van der Waals surface area contributed by atoms with E-state index in [0.717, 1.165) is 55.1 Å². The molecule has 3 aromatic rings. The molecule has 0 bridgehead atoms. The van der Waals surface area contributed by atoms with Crippen molar-refractivity contribution in [2.24, 2.45) is 5.92 Å². The number of thiocarbonyl (C=S) groups is 1. The van der Waals surface area contributed by atoms with Crippen molar-refractivity contribution in [3.8, 4) is 11.8 Å². The number of nitriles is 1. The number of carbonyl (C=O) groups excluding carboxylic acids is 4. The highest BCUT2D eigenvalue weighted by Crippen LogP contribution is 2.40. The molecule has 1 aromatic heterocycles. The van der Waals surface area contributed by atoms with Gasteiger partial charge in [0.2, 0.25) is 17.7 Å². The van der Waals surface area contributed by atoms with E-state index < -0.39 is 34.9 Å². The molecule has 0 aliphatic carbocycles. The summed E-state index contributed by atoms with van der Waals surface area (Å²) in [6.45, 7) is 9.12. The Hall–Kier alpha value is -5.60. The van der Waals surface area contributed by atoms with Crippen LogP contribution in [0.1, 0.15) is 76.6 Å². The summed E-state index contributed by atoms with van der Waals surface area (Å²) in [5, 5.41) is 17.6. The number of pyridine rings is 1. The average Bonchev–Trinajstić information content (AvgIpc) is 3.37. The summed E-state index contributed by atoms with van der Waals surface area (Å²) in [6, 6.07) is 13.9. The molecule has 0 spiro atoms. The summed E-state index contributed by atoms with van der Waals surface area (Å²) >= 11 is 5.69. The monoisotopic (exact) mass is 818 g/mol. The van der Waals surface area contributed by atoms with Crippen LogP contribution < -0.4 is 30.5 Å². The van der Waals surface area contributed by atoms with Crippen molar-refractivity contribution in [1.29, 1.82) is 5.26 Å². The molecule has 2 aromatic carbocycles. The third-order valence-electron chi connectivity index (χ3n) is 11.0. The van der Waals surface area contributed by atoms with Crippen molar-refractivity contribution in [3.63, 3.8) is 0 Å². The van der Waals surface area contributed by atoms with Gasteiger partial charge in [0.05, 0.1) is 30.1 Å². The van der Waals surface area contributed by atoms with Gasteiger partial charge in [-0.3, -0.25) is 34.3 Å². The van der Waals surface area contributed by atoms with E-state index in [2.05, 4.69) is 25.8 Å². The van der Waals surface area contributed by atoms with Crippen LogP contribution >= 0.6 is 12.2 Å². The number of imide groups is 1. The second-order valence-corrected chi connectivity index (χ2v) is 15.5. The molecule has 2 atom stereocenters. The highest BCUT2D eigenvalue weighted by molar-refractivity contribution is 7.81. The minimum atomic E-state index is -4.86. The Morgan fingerprint density at radius 2 is 1.81 bits per heavy atom. The van der Waals surface area contributed by atoms with Crippen LogP contribution in [0.4, 0.5) is 35.9 Å². The quantitative estimate of drug-likeness (QED) is 0.142. The van der Waals surface area contributed by atoms with Crippen molar-refractivity contribution in [2.75, 3.05) is 40.1 Å². The third kappa shape index (κ3) is 8.92. The predicted molar refractivity (Wildman–Crippen MR) is 215 cm³/mol. The number of hydrogen-bond donors (Lipinski definition) is 3. The Labute approximate surface area is 339 Å². The molecule has 3 aliphatic rings. The van der Waals surface area contributed by atoms with Crippen LogP contribution in [0.25, 0.3) is 0 Å². The van der Waals surface area contributed by atoms with Gasteiger partial charge in [-0.2, -0.15) is 18.4 Å². The second-order valence-electron chi connectivity index (χ2n) is 15.2. The van der Waals surface area contributed by atoms with Crippen LogP contribution in [0.3, 0.4) is 0 Å². The van der Waals surface area contributed by atoms with Gasteiger partial charge in [0, 0.05) is 23.5 Å². The second kappa shape index (κ2) is 17.1. The highest BCUT2D eigenvalue weighted by Gasteiger charge is 2.51. The zero-order valence-corrected chi connectivity index (χ0v) is 33.4. The number of halogens is 3. The lowest BCUT2D eigenvalue weighted by molar-refractivity contribution is -0.138. The summed E-state index contributed by atoms with van der Waals surface area (Å²) in [6.07, 6.45) is 0.0740. The van der Waals surface area contributed by atoms with E-state index in [1.165, 1.54) is 6.07 Å². The minimum Gasteiger partial charge on any atom is -0.493 e. The number of likely N-dealkylation sites (tertiary alicyclic amines) is 1. The maximum Gasteiger partial charge on any atom is 0.419 e. The molecule has 3 N–H and O–H groups in total. The average molecular weight is 819 g/mol. The van der Waals surface area contributed by atoms with Crippen LogP contribution in [0, 0.1) is 17.2 Å². The summed E-state index contributed by atoms with van der Waals surface area (Å²) in [5.74, 6) is -0.234. The zero-order chi connectivity index (χ0) is 41.9. The Morgan fingerprint density at radius 3 is 2.48 bits per heavy atom. The lowest BCUT2D eigenvalue weighted by Crippen LogP contribution is -2.47. The number of piperidine rings is 2. The largest absolute Gasteiger partial charge is 0.493 e. The number of aromatic nitrogens is 1. The van der Waals surface area contributed by atoms with Gasteiger partial charge in [0.1, 0.15) is 23.4 Å². The number of amides is 4. The summed E-state index contributed by atoms with van der Waals surface area (Å²) in [5.41, 5.74) is -0.752. The van der Waals surface area contributed by atoms with Gasteiger partial charge < -0.3 is 20.3 Å². The van der Waals surface area contributed by atoms with Crippen LogP contribution in [0.2, 0.25) is 0 Å². The Morgan fingerprint density at radius 1 is 1.09 bits per heavy atom. The Bertz CT molecular complexity index is 2150. The minimum absolute atomic E-state index is 0.0166. The number of alkyl halides is 3. The number of aryl methyl sites for hydroxylation is 1. The lowest BCUT2D eigenvalue weighted by Gasteiger charge is -2.35. The predicted octanol–water partition coefficient (Wildman–Crippen LogP) is 6.18. The molecule has 6 rings (SSSR count). The van der Waals surface area contributed by atoms with E-state index in [0.29, 0.717) is 48.2 Å². The number of benzene rings is 2. The topological polar surface area (TPSA) is 160 Å². The number of hydrogen-bond acceptors (Lipinski definition) is 10. The SMILES string of the molecule is CCc1cc(N2C(=S)N(c3cnc(C#N)c(C(F)(F)F)c3)C(=O)C2(C)C)ccc1OCCC1CCN(C(C)C(=O)Nc2cccc(NC3CCC(=O)NC3=O)c2)CC1. The Balaban J connectivity index is 1.01. The van der Waals surface area contributed by atoms with Crippen molar-refractivity contribution in [1.82, 2.24) is 15.2 Å². The van der Waals surface area contributed by atoms with Crippen molar-refractivity contribution >= 4 is 63.7 Å². The van der Waals surface area contributed by atoms with E-state index in [1.807, 2.05) is 26.0 Å². The fourth-order valence-corrected chi connectivity index (χ4v) is 8.08. The number of carbonyl (C=O) groups is 4. The van der Waals surface area contributed by atoms with Crippen LogP contribution in [0.5, 0.6) is 5.75 Å². The molecule has 13 nitrogen and oxygen atoms in total. The molecule has 3 fully saturated rings. The van der Waals surface area contributed by atoms with Crippen LogP contribution in [-0.2, 0) is 31.8 Å². The molecule has 17 heteroatoms. The van der Waals surface area contributed by atoms with Crippen molar-refractivity contribution < 1.29 is 37.1 Å². The van der Waals surface area contributed by atoms with Crippen LogP contribution in [-0.4, -0.2) is 75.9 Å². The van der Waals surface area contributed by atoms with Crippen molar-refractivity contribution in [3.05, 3.63) is 71.5 Å². The summed E-state index contributed by atoms with van der Waals surface area (Å²) < 4.78 is 47.5. The lowest BCUT2D eigenvalue weighted by atomic mass is 9.93. The summed E-state index contributed by atoms with van der Waals surface area (Å²) in [7, 11) is 0. The van der Waals surface area contributed by atoms with E-state index in [4.69, 9.17) is 17.0 Å². The van der Waals surface area contributed by atoms with E-state index >= 15 is 0 Å². The molecule has 306 valence electrons. The molecule has 2 unspecified atom stereocenters. The maximum absolute atomic E-state index is 13.7. The first-order valence-corrected chi connectivity index (χ1v) is 19.6. The zero-order valence-electron chi connectivity index (χ0n) is 32.6. The van der Waals surface area contributed by atoms with Gasteiger partial charge in [-0.15, -0.1) is 0 Å². The highest BCUT2D eigenvalue weighted by atomic mass is 32.1. The molecule has 4 heterocycles. The van der Waals surface area contributed by atoms with Crippen molar-refractivity contribution in [2.45, 2.75) is 90.0 Å². The number of ether oxygens (including phenoxy) is 1. The van der Waals surface area contributed by atoms with Gasteiger partial charge in [-0.25, -0.2) is 4.98 Å². The van der Waals surface area contributed by atoms with Gasteiger partial charge in [-0.1, -0.05) is 13.0 Å². The first-order valence-electron chi connectivity index (χ1n) is 19.2. The molecular weight excluding hydrogens is 774 g/mol. The molecule has 3 aliphatic heterocycles. The fraction of sp³-hybridized carbons (Fsp3) is 0.439. The molecule has 4 amide bonds. The van der Waals surface area contributed by atoms with Gasteiger partial charge >= 0.3 is 6.18 Å². The van der Waals surface area contributed by atoms with E-state index in [9.17, 15) is 37.6 Å². The van der Waals surface area contributed by atoms with E-state index in [-0.39, 0.29) is 41.0 Å². The molecule has 58 heavy (non-hydrogen) atoms. The van der Waals surface area contributed by atoms with Gasteiger partial charge in [0.25, 0.3) is 5.91 Å². The first-order chi connectivity index (χ1) is 27.5. The maximum atomic E-state index is 13.7. The van der Waals surface area contributed by atoms with Gasteiger partial charge in [0.15, 0.2) is 10.8 Å². The molecule has 0 radical (unpaired) electrons. The first kappa shape index (κ1) is 42.0. The molecule has 3 saturated heterocycles. The fourth-order valence-electron chi connectivity index (χ4n) is 7.56.